The second kappa shape index (κ2) is 7.65. The molecular formula is C20H24N4O4. The Hall–Kier alpha value is -2.84. The Kier molecular flexibility index (Phi) is 5.06. The second-order valence-electron chi connectivity index (χ2n) is 7.17. The molecule has 2 unspecified atom stereocenters. The summed E-state index contributed by atoms with van der Waals surface area (Å²) in [6.07, 6.45) is 0. The number of ether oxygens (including phenoxy) is 2. The Labute approximate surface area is 162 Å². The molecule has 1 amide bonds. The number of fused-ring (bicyclic) bond motifs is 1. The number of rotatable bonds is 4. The molecule has 2 aromatic rings. The number of H-pyrrole nitrogens is 1. The smallest absolute Gasteiger partial charge is 0.253 e. The summed E-state index contributed by atoms with van der Waals surface area (Å²) in [5, 5.41) is 2.91. The number of nitrogens with one attached hydrogen (secondary N) is 4. The van der Waals surface area contributed by atoms with Gasteiger partial charge in [0, 0.05) is 24.3 Å². The van der Waals surface area contributed by atoms with Crippen molar-refractivity contribution in [2.75, 3.05) is 19.8 Å². The highest BCUT2D eigenvalue weighted by molar-refractivity contribution is 5.80. The van der Waals surface area contributed by atoms with Gasteiger partial charge in [-0.25, -0.2) is 5.43 Å². The Morgan fingerprint density at radius 1 is 1.18 bits per heavy atom. The summed E-state index contributed by atoms with van der Waals surface area (Å²) in [5.74, 6) is 0.985. The summed E-state index contributed by atoms with van der Waals surface area (Å²) in [4.78, 5) is 27.8. The fraction of sp³-hybridized carbons (Fsp3) is 0.400. The zero-order valence-electron chi connectivity index (χ0n) is 15.9. The van der Waals surface area contributed by atoms with Gasteiger partial charge in [-0.1, -0.05) is 6.07 Å². The van der Waals surface area contributed by atoms with Crippen molar-refractivity contribution in [3.05, 3.63) is 57.0 Å². The molecule has 8 heteroatoms. The van der Waals surface area contributed by atoms with Gasteiger partial charge in [0.2, 0.25) is 5.91 Å². The van der Waals surface area contributed by atoms with Crippen LogP contribution in [0.5, 0.6) is 11.5 Å². The van der Waals surface area contributed by atoms with Crippen LogP contribution in [0.25, 0.3) is 0 Å². The zero-order chi connectivity index (χ0) is 19.7. The van der Waals surface area contributed by atoms with E-state index in [0.29, 0.717) is 31.1 Å². The highest BCUT2D eigenvalue weighted by Crippen LogP contribution is 2.35. The van der Waals surface area contributed by atoms with Crippen LogP contribution in [0.15, 0.2) is 29.1 Å². The number of hydrogen-bond acceptors (Lipinski definition) is 6. The van der Waals surface area contributed by atoms with Gasteiger partial charge in [0.05, 0.1) is 12.0 Å². The van der Waals surface area contributed by atoms with Crippen molar-refractivity contribution in [1.29, 1.82) is 0 Å². The third kappa shape index (κ3) is 3.61. The third-order valence-corrected chi connectivity index (χ3v) is 5.18. The van der Waals surface area contributed by atoms with Gasteiger partial charge in [-0.15, -0.1) is 0 Å². The maximum Gasteiger partial charge on any atom is 0.253 e. The number of amides is 1. The molecule has 3 heterocycles. The van der Waals surface area contributed by atoms with Crippen LogP contribution in [0, 0.1) is 19.8 Å². The molecule has 2 aliphatic heterocycles. The molecule has 1 aromatic heterocycles. The molecule has 0 spiro atoms. The fourth-order valence-corrected chi connectivity index (χ4v) is 3.72. The summed E-state index contributed by atoms with van der Waals surface area (Å²) < 4.78 is 11.2. The van der Waals surface area contributed by atoms with E-state index in [4.69, 9.17) is 9.47 Å². The van der Waals surface area contributed by atoms with Crippen molar-refractivity contribution < 1.29 is 14.3 Å². The highest BCUT2D eigenvalue weighted by atomic mass is 16.6. The van der Waals surface area contributed by atoms with Gasteiger partial charge in [-0.05, 0) is 43.2 Å². The molecule has 28 heavy (non-hydrogen) atoms. The number of carbonyl (C=O) groups excluding carboxylic acids is 1. The minimum Gasteiger partial charge on any atom is -0.486 e. The topological polar surface area (TPSA) is 104 Å². The lowest BCUT2D eigenvalue weighted by molar-refractivity contribution is -0.125. The Morgan fingerprint density at radius 3 is 2.75 bits per heavy atom. The van der Waals surface area contributed by atoms with Crippen molar-refractivity contribution in [2.45, 2.75) is 26.4 Å². The predicted molar refractivity (Wildman–Crippen MR) is 103 cm³/mol. The lowest BCUT2D eigenvalue weighted by atomic mass is 9.93. The average molecular weight is 384 g/mol. The normalized spacial score (nSPS) is 20.8. The minimum absolute atomic E-state index is 0.114. The van der Waals surface area contributed by atoms with Crippen LogP contribution in [0.1, 0.15) is 28.4 Å². The first-order valence-corrected chi connectivity index (χ1v) is 9.38. The minimum atomic E-state index is -0.313. The van der Waals surface area contributed by atoms with E-state index in [1.54, 1.807) is 0 Å². The first-order valence-electron chi connectivity index (χ1n) is 9.38. The molecule has 148 valence electrons. The maximum absolute atomic E-state index is 12.8. The molecule has 2 aliphatic rings. The Balaban J connectivity index is 1.48. The van der Waals surface area contributed by atoms with Crippen LogP contribution in [0.3, 0.4) is 0 Å². The summed E-state index contributed by atoms with van der Waals surface area (Å²) in [7, 11) is 0. The SMILES string of the molecule is Cc1cc(C)c(CNC(=O)C2CNNC2c2ccc3c(c2)OCCO3)c(=O)[nH]1. The second-order valence-corrected chi connectivity index (χ2v) is 7.17. The number of pyridine rings is 1. The molecule has 8 nitrogen and oxygen atoms in total. The lowest BCUT2D eigenvalue weighted by Crippen LogP contribution is -2.36. The van der Waals surface area contributed by atoms with Gasteiger partial charge in [0.25, 0.3) is 5.56 Å². The largest absolute Gasteiger partial charge is 0.486 e. The van der Waals surface area contributed by atoms with Crippen LogP contribution in [0.4, 0.5) is 0 Å². The van der Waals surface area contributed by atoms with Crippen LogP contribution < -0.4 is 31.2 Å². The quantitative estimate of drug-likeness (QED) is 0.623. The molecule has 0 saturated carbocycles. The predicted octanol–water partition coefficient (Wildman–Crippen LogP) is 0.844. The monoisotopic (exact) mass is 384 g/mol. The molecule has 1 saturated heterocycles. The summed E-state index contributed by atoms with van der Waals surface area (Å²) >= 11 is 0. The van der Waals surface area contributed by atoms with E-state index in [-0.39, 0.29) is 30.0 Å². The number of aryl methyl sites for hydroxylation is 2. The van der Waals surface area contributed by atoms with Crippen LogP contribution in [-0.4, -0.2) is 30.6 Å². The van der Waals surface area contributed by atoms with Crippen LogP contribution in [0.2, 0.25) is 0 Å². The van der Waals surface area contributed by atoms with Gasteiger partial charge in [0.15, 0.2) is 11.5 Å². The maximum atomic E-state index is 12.8. The van der Waals surface area contributed by atoms with E-state index < -0.39 is 0 Å². The molecule has 2 atom stereocenters. The first-order chi connectivity index (χ1) is 13.5. The van der Waals surface area contributed by atoms with Crippen LogP contribution >= 0.6 is 0 Å². The molecule has 0 radical (unpaired) electrons. The zero-order valence-corrected chi connectivity index (χ0v) is 15.9. The third-order valence-electron chi connectivity index (χ3n) is 5.18. The van der Waals surface area contributed by atoms with Crippen molar-refractivity contribution in [1.82, 2.24) is 21.2 Å². The molecule has 0 aliphatic carbocycles. The first kappa shape index (κ1) is 18.5. The van der Waals surface area contributed by atoms with Gasteiger partial charge in [-0.2, -0.15) is 0 Å². The van der Waals surface area contributed by atoms with E-state index in [1.165, 1.54) is 0 Å². The van der Waals surface area contributed by atoms with Gasteiger partial charge in [0.1, 0.15) is 13.2 Å². The molecule has 1 aromatic carbocycles. The number of hydrazine groups is 1. The number of aromatic amines is 1. The number of hydrogen-bond donors (Lipinski definition) is 4. The van der Waals surface area contributed by atoms with E-state index in [2.05, 4.69) is 21.2 Å². The summed E-state index contributed by atoms with van der Waals surface area (Å²) in [6, 6.07) is 7.42. The van der Waals surface area contributed by atoms with Crippen molar-refractivity contribution in [3.63, 3.8) is 0 Å². The highest BCUT2D eigenvalue weighted by Gasteiger charge is 2.34. The van der Waals surface area contributed by atoms with E-state index in [0.717, 1.165) is 22.6 Å². The number of aromatic nitrogens is 1. The summed E-state index contributed by atoms with van der Waals surface area (Å²) in [6.45, 7) is 5.46. The van der Waals surface area contributed by atoms with Crippen LogP contribution in [-0.2, 0) is 11.3 Å². The lowest BCUT2D eigenvalue weighted by Gasteiger charge is -2.22. The summed E-state index contributed by atoms with van der Waals surface area (Å²) in [5.41, 5.74) is 9.26. The number of benzene rings is 1. The van der Waals surface area contributed by atoms with Gasteiger partial charge >= 0.3 is 0 Å². The van der Waals surface area contributed by atoms with E-state index in [1.807, 2.05) is 38.1 Å². The standard InChI is InChI=1S/C20H24N4O4/c1-11-7-12(2)23-20(26)14(11)9-21-19(25)15-10-22-24-18(15)13-3-4-16-17(8-13)28-6-5-27-16/h3-4,7-8,15,18,22,24H,5-6,9-10H2,1-2H3,(H,21,25)(H,23,26). The van der Waals surface area contributed by atoms with Gasteiger partial charge in [-0.3, -0.25) is 15.0 Å². The Bertz CT molecular complexity index is 956. The molecule has 1 fully saturated rings. The van der Waals surface area contributed by atoms with Crippen molar-refractivity contribution in [2.24, 2.45) is 5.92 Å². The molecule has 0 bridgehead atoms. The Morgan fingerprint density at radius 2 is 1.96 bits per heavy atom. The molecule has 4 N–H and O–H groups in total. The molecular weight excluding hydrogens is 360 g/mol. The average Bonchev–Trinajstić information content (AvgIpc) is 3.16. The van der Waals surface area contributed by atoms with E-state index >= 15 is 0 Å². The van der Waals surface area contributed by atoms with E-state index in [9.17, 15) is 9.59 Å². The van der Waals surface area contributed by atoms with Crippen molar-refractivity contribution in [3.8, 4) is 11.5 Å². The van der Waals surface area contributed by atoms with Gasteiger partial charge < -0.3 is 19.8 Å². The van der Waals surface area contributed by atoms with Crippen molar-refractivity contribution >= 4 is 5.91 Å². The molecule has 4 rings (SSSR count). The number of carbonyl (C=O) groups is 1. The fourth-order valence-electron chi connectivity index (χ4n) is 3.72.